The zero-order valence-corrected chi connectivity index (χ0v) is 12.3. The summed E-state index contributed by atoms with van der Waals surface area (Å²) in [5, 5.41) is 4.99. The monoisotopic (exact) mass is 307 g/mol. The molecule has 0 radical (unpaired) electrons. The summed E-state index contributed by atoms with van der Waals surface area (Å²) < 4.78 is 50.0. The summed E-state index contributed by atoms with van der Waals surface area (Å²) in [5.41, 5.74) is 0.501. The molecule has 1 aromatic rings. The average molecular weight is 307 g/mol. The molecule has 0 aliphatic rings. The molecule has 0 aliphatic carbocycles. The fraction of sp³-hybridized carbons (Fsp3) is 0.400. The molecule has 0 fully saturated rings. The van der Waals surface area contributed by atoms with Gasteiger partial charge in [-0.15, -0.1) is 0 Å². The molecule has 0 heterocycles. The Bertz CT molecular complexity index is 638. The molecular formula is C10H17N3O4S2. The summed E-state index contributed by atoms with van der Waals surface area (Å²) in [4.78, 5) is -0.0546. The molecule has 0 aliphatic heterocycles. The minimum Gasteiger partial charge on any atom is -0.225 e. The molecule has 108 valence electrons. The molecule has 0 atom stereocenters. The number of nitrogens with one attached hydrogen (secondary N) is 2. The summed E-state index contributed by atoms with van der Waals surface area (Å²) in [6.07, 6.45) is 0. The quantitative estimate of drug-likeness (QED) is 0.666. The van der Waals surface area contributed by atoms with Crippen LogP contribution in [0.1, 0.15) is 19.4 Å². The van der Waals surface area contributed by atoms with Crippen LogP contribution in [0.5, 0.6) is 0 Å². The molecule has 0 aromatic heterocycles. The molecule has 19 heavy (non-hydrogen) atoms. The molecule has 0 saturated heterocycles. The fourth-order valence-electron chi connectivity index (χ4n) is 1.36. The van der Waals surface area contributed by atoms with Crippen LogP contribution in [0, 0.1) is 0 Å². The third kappa shape index (κ3) is 5.66. The van der Waals surface area contributed by atoms with E-state index in [1.807, 2.05) is 0 Å². The SMILES string of the molecule is CC(C)NS(=O)(=O)NCc1cccc(S(N)(=O)=O)c1. The Hall–Kier alpha value is -1.00. The molecular weight excluding hydrogens is 290 g/mol. The van der Waals surface area contributed by atoms with Crippen molar-refractivity contribution in [2.75, 3.05) is 0 Å². The maximum Gasteiger partial charge on any atom is 0.277 e. The van der Waals surface area contributed by atoms with Crippen molar-refractivity contribution < 1.29 is 16.8 Å². The van der Waals surface area contributed by atoms with E-state index in [2.05, 4.69) is 9.44 Å². The highest BCUT2D eigenvalue weighted by Crippen LogP contribution is 2.09. The van der Waals surface area contributed by atoms with E-state index in [9.17, 15) is 16.8 Å². The van der Waals surface area contributed by atoms with Crippen LogP contribution in [0.15, 0.2) is 29.2 Å². The lowest BCUT2D eigenvalue weighted by Gasteiger charge is -2.11. The third-order valence-electron chi connectivity index (χ3n) is 2.08. The number of rotatable bonds is 6. The summed E-state index contributed by atoms with van der Waals surface area (Å²) in [5.74, 6) is 0. The first-order chi connectivity index (χ1) is 8.60. The maximum absolute atomic E-state index is 11.5. The van der Waals surface area contributed by atoms with Crippen molar-refractivity contribution >= 4 is 20.2 Å². The standard InChI is InChI=1S/C10H17N3O4S2/c1-8(2)13-19(16,17)12-7-9-4-3-5-10(6-9)18(11,14)15/h3-6,8,12-13H,7H2,1-2H3,(H2,11,14,15). The van der Waals surface area contributed by atoms with Crippen molar-refractivity contribution in [2.45, 2.75) is 31.3 Å². The first-order valence-corrected chi connectivity index (χ1v) is 8.52. The van der Waals surface area contributed by atoms with Gasteiger partial charge in [-0.05, 0) is 31.5 Å². The van der Waals surface area contributed by atoms with Crippen molar-refractivity contribution in [3.63, 3.8) is 0 Å². The topological polar surface area (TPSA) is 118 Å². The summed E-state index contributed by atoms with van der Waals surface area (Å²) in [6.45, 7) is 3.37. The lowest BCUT2D eigenvalue weighted by atomic mass is 10.2. The molecule has 0 bridgehead atoms. The van der Waals surface area contributed by atoms with Gasteiger partial charge in [0.05, 0.1) is 4.90 Å². The molecule has 1 rings (SSSR count). The van der Waals surface area contributed by atoms with Gasteiger partial charge in [-0.2, -0.15) is 17.9 Å². The first-order valence-electron chi connectivity index (χ1n) is 5.49. The van der Waals surface area contributed by atoms with Gasteiger partial charge in [-0.25, -0.2) is 13.6 Å². The Morgan fingerprint density at radius 1 is 1.21 bits per heavy atom. The zero-order chi connectivity index (χ0) is 14.7. The number of sulfonamides is 1. The normalized spacial score (nSPS) is 12.8. The van der Waals surface area contributed by atoms with Crippen LogP contribution in [0.4, 0.5) is 0 Å². The van der Waals surface area contributed by atoms with Gasteiger partial charge >= 0.3 is 0 Å². The van der Waals surface area contributed by atoms with Gasteiger partial charge in [0.2, 0.25) is 10.0 Å². The summed E-state index contributed by atoms with van der Waals surface area (Å²) in [6, 6.07) is 5.55. The van der Waals surface area contributed by atoms with E-state index in [0.717, 1.165) is 0 Å². The van der Waals surface area contributed by atoms with Crippen molar-refractivity contribution in [1.82, 2.24) is 9.44 Å². The molecule has 9 heteroatoms. The van der Waals surface area contributed by atoms with Crippen molar-refractivity contribution in [2.24, 2.45) is 5.14 Å². The fourth-order valence-corrected chi connectivity index (χ4v) is 3.01. The van der Waals surface area contributed by atoms with E-state index < -0.39 is 20.2 Å². The van der Waals surface area contributed by atoms with Crippen molar-refractivity contribution in [3.05, 3.63) is 29.8 Å². The molecule has 0 unspecified atom stereocenters. The zero-order valence-electron chi connectivity index (χ0n) is 10.6. The van der Waals surface area contributed by atoms with Crippen LogP contribution in [-0.2, 0) is 26.8 Å². The number of benzene rings is 1. The highest BCUT2D eigenvalue weighted by molar-refractivity contribution is 7.89. The van der Waals surface area contributed by atoms with Crippen LogP contribution in [0.3, 0.4) is 0 Å². The number of nitrogens with two attached hydrogens (primary N) is 1. The van der Waals surface area contributed by atoms with E-state index in [4.69, 9.17) is 5.14 Å². The van der Waals surface area contributed by atoms with Crippen LogP contribution >= 0.6 is 0 Å². The predicted molar refractivity (Wildman–Crippen MR) is 71.8 cm³/mol. The van der Waals surface area contributed by atoms with Gasteiger partial charge in [0.25, 0.3) is 10.2 Å². The minimum absolute atomic E-state index is 0.0224. The second-order valence-electron chi connectivity index (χ2n) is 4.29. The number of primary sulfonamides is 1. The molecule has 0 saturated carbocycles. The predicted octanol–water partition coefficient (Wildman–Crippen LogP) is -0.334. The van der Waals surface area contributed by atoms with Crippen LogP contribution in [0.25, 0.3) is 0 Å². The summed E-state index contributed by atoms with van der Waals surface area (Å²) >= 11 is 0. The van der Waals surface area contributed by atoms with Gasteiger partial charge in [0.15, 0.2) is 0 Å². The largest absolute Gasteiger partial charge is 0.277 e. The number of hydrogen-bond acceptors (Lipinski definition) is 4. The third-order valence-corrected chi connectivity index (χ3v) is 4.30. The Morgan fingerprint density at radius 2 is 1.84 bits per heavy atom. The van der Waals surface area contributed by atoms with E-state index in [1.165, 1.54) is 18.2 Å². The van der Waals surface area contributed by atoms with Gasteiger partial charge in [0, 0.05) is 12.6 Å². The van der Waals surface area contributed by atoms with Gasteiger partial charge in [0.1, 0.15) is 0 Å². The number of hydrogen-bond donors (Lipinski definition) is 3. The lowest BCUT2D eigenvalue weighted by molar-refractivity contribution is 0.554. The Balaban J connectivity index is 2.80. The van der Waals surface area contributed by atoms with Gasteiger partial charge < -0.3 is 0 Å². The van der Waals surface area contributed by atoms with Gasteiger partial charge in [-0.1, -0.05) is 12.1 Å². The van der Waals surface area contributed by atoms with E-state index in [1.54, 1.807) is 19.9 Å². The minimum atomic E-state index is -3.79. The molecule has 1 aromatic carbocycles. The molecule has 7 nitrogen and oxygen atoms in total. The van der Waals surface area contributed by atoms with Crippen molar-refractivity contribution in [1.29, 1.82) is 0 Å². The van der Waals surface area contributed by atoms with Crippen LogP contribution in [0.2, 0.25) is 0 Å². The van der Waals surface area contributed by atoms with Crippen LogP contribution < -0.4 is 14.6 Å². The molecule has 0 amide bonds. The molecule has 0 spiro atoms. The van der Waals surface area contributed by atoms with E-state index in [-0.39, 0.29) is 17.5 Å². The van der Waals surface area contributed by atoms with Crippen LogP contribution in [-0.4, -0.2) is 22.9 Å². The summed E-state index contributed by atoms with van der Waals surface area (Å²) in [7, 11) is -7.40. The Labute approximate surface area is 113 Å². The maximum atomic E-state index is 11.5. The highest BCUT2D eigenvalue weighted by atomic mass is 32.2. The first kappa shape index (κ1) is 16.1. The second kappa shape index (κ2) is 5.97. The molecule has 4 N–H and O–H groups in total. The Morgan fingerprint density at radius 3 is 2.37 bits per heavy atom. The Kier molecular flexibility index (Phi) is 5.04. The van der Waals surface area contributed by atoms with E-state index in [0.29, 0.717) is 5.56 Å². The average Bonchev–Trinajstić information content (AvgIpc) is 2.24. The van der Waals surface area contributed by atoms with E-state index >= 15 is 0 Å². The van der Waals surface area contributed by atoms with Crippen molar-refractivity contribution in [3.8, 4) is 0 Å². The van der Waals surface area contributed by atoms with Gasteiger partial charge in [-0.3, -0.25) is 0 Å². The smallest absolute Gasteiger partial charge is 0.225 e. The highest BCUT2D eigenvalue weighted by Gasteiger charge is 2.12. The lowest BCUT2D eigenvalue weighted by Crippen LogP contribution is -2.39. The second-order valence-corrected chi connectivity index (χ2v) is 7.38.